The van der Waals surface area contributed by atoms with Gasteiger partial charge in [-0.3, -0.25) is 4.79 Å². The maximum atomic E-state index is 12.3. The van der Waals surface area contributed by atoms with Gasteiger partial charge in [-0.2, -0.15) is 0 Å². The van der Waals surface area contributed by atoms with Gasteiger partial charge in [0.1, 0.15) is 5.69 Å². The fourth-order valence-electron chi connectivity index (χ4n) is 2.39. The van der Waals surface area contributed by atoms with Gasteiger partial charge in [0.2, 0.25) is 0 Å². The quantitative estimate of drug-likeness (QED) is 0.737. The normalized spacial score (nSPS) is 11.5. The molecule has 0 aliphatic carbocycles. The second-order valence-corrected chi connectivity index (χ2v) is 5.53. The molecule has 0 aliphatic rings. The van der Waals surface area contributed by atoms with Crippen LogP contribution in [0.3, 0.4) is 0 Å². The molecular weight excluding hydrogens is 298 g/mol. The van der Waals surface area contributed by atoms with Crippen molar-refractivity contribution in [2.45, 2.75) is 13.0 Å². The van der Waals surface area contributed by atoms with Gasteiger partial charge in [0.15, 0.2) is 0 Å². The summed E-state index contributed by atoms with van der Waals surface area (Å²) in [7, 11) is 0. The van der Waals surface area contributed by atoms with Crippen LogP contribution in [0.5, 0.6) is 0 Å². The van der Waals surface area contributed by atoms with Gasteiger partial charge in [0.05, 0.1) is 17.9 Å². The fraction of sp³-hybridized carbons (Fsp3) is 0.100. The third-order valence-electron chi connectivity index (χ3n) is 3.71. The molecule has 0 saturated carbocycles. The molecule has 0 spiro atoms. The molecule has 4 heteroatoms. The topological polar surface area (TPSA) is 54.0 Å². The number of nitrogens with zero attached hydrogens (tertiary/aromatic N) is 1. The first kappa shape index (κ1) is 15.7. The lowest BCUT2D eigenvalue weighted by molar-refractivity contribution is 0.0935. The van der Waals surface area contributed by atoms with Crippen LogP contribution in [0.1, 0.15) is 29.0 Å². The number of nitrogens with one attached hydrogen (secondary N) is 2. The van der Waals surface area contributed by atoms with E-state index in [-0.39, 0.29) is 11.9 Å². The Balaban J connectivity index is 1.63. The summed E-state index contributed by atoms with van der Waals surface area (Å²) < 4.78 is 0. The van der Waals surface area contributed by atoms with Crippen molar-refractivity contribution in [3.05, 3.63) is 90.3 Å². The van der Waals surface area contributed by atoms with Crippen LogP contribution < -0.4 is 10.6 Å². The van der Waals surface area contributed by atoms with E-state index in [1.54, 1.807) is 12.3 Å². The molecular formula is C20H19N3O. The van der Waals surface area contributed by atoms with Gasteiger partial charge in [-0.15, -0.1) is 0 Å². The van der Waals surface area contributed by atoms with E-state index in [1.807, 2.05) is 73.7 Å². The molecule has 0 saturated heterocycles. The van der Waals surface area contributed by atoms with E-state index in [0.717, 1.165) is 16.9 Å². The molecule has 1 unspecified atom stereocenters. The van der Waals surface area contributed by atoms with Crippen molar-refractivity contribution in [3.8, 4) is 0 Å². The second-order valence-electron chi connectivity index (χ2n) is 5.53. The zero-order valence-electron chi connectivity index (χ0n) is 13.4. The van der Waals surface area contributed by atoms with E-state index in [9.17, 15) is 4.79 Å². The van der Waals surface area contributed by atoms with E-state index in [4.69, 9.17) is 0 Å². The summed E-state index contributed by atoms with van der Waals surface area (Å²) in [5, 5.41) is 6.20. The summed E-state index contributed by atoms with van der Waals surface area (Å²) in [6.07, 6.45) is 1.66. The molecule has 2 aromatic carbocycles. The van der Waals surface area contributed by atoms with Crippen LogP contribution >= 0.6 is 0 Å². The predicted molar refractivity (Wildman–Crippen MR) is 96.3 cm³/mol. The molecule has 120 valence electrons. The van der Waals surface area contributed by atoms with Gasteiger partial charge in [-0.1, -0.05) is 48.5 Å². The Morgan fingerprint density at radius 3 is 2.17 bits per heavy atom. The summed E-state index contributed by atoms with van der Waals surface area (Å²) in [5.74, 6) is -0.183. The average molecular weight is 317 g/mol. The lowest BCUT2D eigenvalue weighted by Gasteiger charge is -2.14. The molecule has 4 nitrogen and oxygen atoms in total. The third kappa shape index (κ3) is 3.98. The van der Waals surface area contributed by atoms with Crippen LogP contribution in [0.2, 0.25) is 0 Å². The molecule has 0 aliphatic heterocycles. The van der Waals surface area contributed by atoms with E-state index < -0.39 is 0 Å². The van der Waals surface area contributed by atoms with Gasteiger partial charge in [0.25, 0.3) is 5.91 Å². The summed E-state index contributed by atoms with van der Waals surface area (Å²) in [6, 6.07) is 23.2. The first-order chi connectivity index (χ1) is 11.7. The molecule has 2 N–H and O–H groups in total. The third-order valence-corrected chi connectivity index (χ3v) is 3.71. The number of carbonyl (C=O) groups is 1. The van der Waals surface area contributed by atoms with Crippen LogP contribution in [0.15, 0.2) is 79.0 Å². The number of hydrogen-bond acceptors (Lipinski definition) is 3. The van der Waals surface area contributed by atoms with E-state index in [1.165, 1.54) is 0 Å². The van der Waals surface area contributed by atoms with Crippen LogP contribution in [0.4, 0.5) is 11.4 Å². The van der Waals surface area contributed by atoms with Gasteiger partial charge < -0.3 is 10.6 Å². The highest BCUT2D eigenvalue weighted by molar-refractivity contribution is 5.92. The van der Waals surface area contributed by atoms with Crippen LogP contribution in [0, 0.1) is 0 Å². The van der Waals surface area contributed by atoms with E-state index >= 15 is 0 Å². The minimum atomic E-state index is -0.183. The maximum Gasteiger partial charge on any atom is 0.270 e. The molecule has 3 aromatic rings. The lowest BCUT2D eigenvalue weighted by atomic mass is 10.1. The number of para-hydroxylation sites is 1. The second kappa shape index (κ2) is 7.42. The summed E-state index contributed by atoms with van der Waals surface area (Å²) in [5.41, 5.74) is 3.28. The highest BCUT2D eigenvalue weighted by atomic mass is 16.1. The number of anilines is 2. The van der Waals surface area contributed by atoms with Gasteiger partial charge in [-0.25, -0.2) is 4.98 Å². The molecule has 0 bridgehead atoms. The highest BCUT2D eigenvalue weighted by Crippen LogP contribution is 2.16. The van der Waals surface area contributed by atoms with Crippen molar-refractivity contribution in [2.24, 2.45) is 0 Å². The minimum absolute atomic E-state index is 0.0670. The number of carbonyl (C=O) groups excluding carboxylic acids is 1. The lowest BCUT2D eigenvalue weighted by Crippen LogP contribution is -2.27. The predicted octanol–water partition coefficient (Wildman–Crippen LogP) is 4.32. The molecule has 0 fully saturated rings. The van der Waals surface area contributed by atoms with Crippen molar-refractivity contribution in [1.82, 2.24) is 10.3 Å². The average Bonchev–Trinajstić information content (AvgIpc) is 2.64. The Morgan fingerprint density at radius 2 is 1.54 bits per heavy atom. The molecule has 1 heterocycles. The van der Waals surface area contributed by atoms with E-state index in [0.29, 0.717) is 5.69 Å². The molecule has 0 radical (unpaired) electrons. The van der Waals surface area contributed by atoms with E-state index in [2.05, 4.69) is 15.6 Å². The fourth-order valence-corrected chi connectivity index (χ4v) is 2.39. The Morgan fingerprint density at radius 1 is 0.875 bits per heavy atom. The van der Waals surface area contributed by atoms with Crippen LogP contribution in [-0.4, -0.2) is 10.9 Å². The summed E-state index contributed by atoms with van der Waals surface area (Å²) in [6.45, 7) is 1.96. The monoisotopic (exact) mass is 317 g/mol. The zero-order chi connectivity index (χ0) is 16.8. The Labute approximate surface area is 141 Å². The molecule has 1 aromatic heterocycles. The van der Waals surface area contributed by atoms with Crippen molar-refractivity contribution in [2.75, 3.05) is 5.32 Å². The standard InChI is InChI=1S/C20H19N3O/c1-15(16-8-4-2-5-9-16)22-20(24)19-13-12-18(14-21-19)23-17-10-6-3-7-11-17/h2-15,23H,1H3,(H,22,24). The van der Waals surface area contributed by atoms with Crippen molar-refractivity contribution >= 4 is 17.3 Å². The Bertz CT molecular complexity index is 786. The smallest absolute Gasteiger partial charge is 0.270 e. The number of amides is 1. The maximum absolute atomic E-state index is 12.3. The molecule has 1 atom stereocenters. The van der Waals surface area contributed by atoms with Gasteiger partial charge >= 0.3 is 0 Å². The first-order valence-electron chi connectivity index (χ1n) is 7.86. The molecule has 1 amide bonds. The van der Waals surface area contributed by atoms with Crippen LogP contribution in [-0.2, 0) is 0 Å². The molecule has 3 rings (SSSR count). The Kier molecular flexibility index (Phi) is 4.87. The number of rotatable bonds is 5. The highest BCUT2D eigenvalue weighted by Gasteiger charge is 2.12. The number of benzene rings is 2. The van der Waals surface area contributed by atoms with Gasteiger partial charge in [-0.05, 0) is 36.8 Å². The van der Waals surface area contributed by atoms with Crippen LogP contribution in [0.25, 0.3) is 0 Å². The molecule has 24 heavy (non-hydrogen) atoms. The number of hydrogen-bond donors (Lipinski definition) is 2. The zero-order valence-corrected chi connectivity index (χ0v) is 13.4. The van der Waals surface area contributed by atoms with Crippen molar-refractivity contribution < 1.29 is 4.79 Å². The first-order valence-corrected chi connectivity index (χ1v) is 7.86. The SMILES string of the molecule is CC(NC(=O)c1ccc(Nc2ccccc2)cn1)c1ccccc1. The van der Waals surface area contributed by atoms with Gasteiger partial charge in [0, 0.05) is 5.69 Å². The Hall–Kier alpha value is -3.14. The van der Waals surface area contributed by atoms with Crippen molar-refractivity contribution in [1.29, 1.82) is 0 Å². The number of aromatic nitrogens is 1. The van der Waals surface area contributed by atoms with Crippen molar-refractivity contribution in [3.63, 3.8) is 0 Å². The minimum Gasteiger partial charge on any atom is -0.354 e. The summed E-state index contributed by atoms with van der Waals surface area (Å²) in [4.78, 5) is 16.6. The number of pyridine rings is 1. The largest absolute Gasteiger partial charge is 0.354 e. The summed E-state index contributed by atoms with van der Waals surface area (Å²) >= 11 is 0.